The van der Waals surface area contributed by atoms with Crippen LogP contribution in [0.1, 0.15) is 32.6 Å². The van der Waals surface area contributed by atoms with Gasteiger partial charge < -0.3 is 14.2 Å². The van der Waals surface area contributed by atoms with Crippen molar-refractivity contribution in [1.82, 2.24) is 0 Å². The maximum atomic E-state index is 5.37. The van der Waals surface area contributed by atoms with E-state index < -0.39 is 0 Å². The fraction of sp³-hybridized carbons (Fsp3) is 1.00. The minimum absolute atomic E-state index is 0.694. The fourth-order valence-electron chi connectivity index (χ4n) is 1.08. The molecule has 0 saturated carbocycles. The third-order valence-corrected chi connectivity index (χ3v) is 1.86. The van der Waals surface area contributed by atoms with E-state index in [2.05, 4.69) is 6.92 Å². The van der Waals surface area contributed by atoms with Crippen LogP contribution in [0.2, 0.25) is 0 Å². The summed E-state index contributed by atoms with van der Waals surface area (Å²) in [5, 5.41) is 0. The van der Waals surface area contributed by atoms with E-state index in [0.717, 1.165) is 39.1 Å². The molecule has 0 unspecified atom stereocenters. The molecule has 0 amide bonds. The van der Waals surface area contributed by atoms with Crippen LogP contribution in [0.3, 0.4) is 0 Å². The molecule has 0 N–H and O–H groups in total. The van der Waals surface area contributed by atoms with Gasteiger partial charge in [-0.15, -0.1) is 0 Å². The van der Waals surface area contributed by atoms with Crippen LogP contribution in [0, 0.1) is 0 Å². The van der Waals surface area contributed by atoms with Crippen LogP contribution < -0.4 is 0 Å². The quantitative estimate of drug-likeness (QED) is 0.483. The van der Waals surface area contributed by atoms with E-state index in [1.165, 1.54) is 6.42 Å². The molecule has 0 aliphatic carbocycles. The minimum atomic E-state index is 0.694. The monoisotopic (exact) mass is 204 g/mol. The van der Waals surface area contributed by atoms with Gasteiger partial charge in [0.05, 0.1) is 13.2 Å². The predicted molar refractivity (Wildman–Crippen MR) is 57.7 cm³/mol. The standard InChI is InChI=1S/C11H24O3/c1-3-7-13-8-5-4-6-9-14-11-10-12-2/h3-11H2,1-2H3. The SMILES string of the molecule is CCCOCCCCCOCCOC. The van der Waals surface area contributed by atoms with Crippen molar-refractivity contribution in [3.8, 4) is 0 Å². The van der Waals surface area contributed by atoms with E-state index in [-0.39, 0.29) is 0 Å². The molecular weight excluding hydrogens is 180 g/mol. The summed E-state index contributed by atoms with van der Waals surface area (Å²) < 4.78 is 15.6. The molecule has 0 aliphatic rings. The predicted octanol–water partition coefficient (Wildman–Crippen LogP) is 2.25. The third-order valence-electron chi connectivity index (χ3n) is 1.86. The van der Waals surface area contributed by atoms with Crippen LogP contribution in [0.4, 0.5) is 0 Å². The summed E-state index contributed by atoms with van der Waals surface area (Å²) in [6.07, 6.45) is 4.57. The molecule has 0 saturated heterocycles. The number of hydrogen-bond acceptors (Lipinski definition) is 3. The average molecular weight is 204 g/mol. The van der Waals surface area contributed by atoms with Gasteiger partial charge in [-0.3, -0.25) is 0 Å². The van der Waals surface area contributed by atoms with E-state index in [4.69, 9.17) is 14.2 Å². The zero-order valence-electron chi connectivity index (χ0n) is 9.59. The lowest BCUT2D eigenvalue weighted by molar-refractivity contribution is 0.0669. The molecule has 0 radical (unpaired) electrons. The molecular formula is C11H24O3. The lowest BCUT2D eigenvalue weighted by atomic mass is 10.2. The second kappa shape index (κ2) is 12.9. The normalized spacial score (nSPS) is 10.7. The van der Waals surface area contributed by atoms with Crippen LogP contribution >= 0.6 is 0 Å². The Morgan fingerprint density at radius 1 is 0.714 bits per heavy atom. The zero-order valence-corrected chi connectivity index (χ0v) is 9.59. The maximum Gasteiger partial charge on any atom is 0.0700 e. The lowest BCUT2D eigenvalue weighted by Gasteiger charge is -2.04. The largest absolute Gasteiger partial charge is 0.382 e. The Labute approximate surface area is 87.7 Å². The second-order valence-corrected chi connectivity index (χ2v) is 3.28. The Kier molecular flexibility index (Phi) is 12.8. The van der Waals surface area contributed by atoms with Gasteiger partial charge in [0.1, 0.15) is 0 Å². The van der Waals surface area contributed by atoms with E-state index in [1.807, 2.05) is 0 Å². The number of rotatable bonds is 11. The summed E-state index contributed by atoms with van der Waals surface area (Å²) in [5.41, 5.74) is 0. The Balaban J connectivity index is 2.78. The molecule has 0 aromatic rings. The van der Waals surface area contributed by atoms with Gasteiger partial charge in [-0.05, 0) is 25.7 Å². The van der Waals surface area contributed by atoms with Crippen molar-refractivity contribution >= 4 is 0 Å². The van der Waals surface area contributed by atoms with E-state index >= 15 is 0 Å². The van der Waals surface area contributed by atoms with Gasteiger partial charge in [0.25, 0.3) is 0 Å². The summed E-state index contributed by atoms with van der Waals surface area (Å²) in [5.74, 6) is 0. The molecule has 0 fully saturated rings. The molecule has 86 valence electrons. The van der Waals surface area contributed by atoms with E-state index in [0.29, 0.717) is 13.2 Å². The number of unbranched alkanes of at least 4 members (excludes halogenated alkanes) is 2. The first-order valence-corrected chi connectivity index (χ1v) is 5.56. The van der Waals surface area contributed by atoms with Crippen molar-refractivity contribution in [2.24, 2.45) is 0 Å². The number of ether oxygens (including phenoxy) is 3. The molecule has 0 aliphatic heterocycles. The molecule has 14 heavy (non-hydrogen) atoms. The van der Waals surface area contributed by atoms with Crippen LogP contribution in [0.25, 0.3) is 0 Å². The van der Waals surface area contributed by atoms with Crippen molar-refractivity contribution in [3.05, 3.63) is 0 Å². The molecule has 0 rings (SSSR count). The van der Waals surface area contributed by atoms with Gasteiger partial charge in [0.2, 0.25) is 0 Å². The van der Waals surface area contributed by atoms with Gasteiger partial charge in [-0.2, -0.15) is 0 Å². The van der Waals surface area contributed by atoms with Gasteiger partial charge >= 0.3 is 0 Å². The Morgan fingerprint density at radius 3 is 1.93 bits per heavy atom. The highest BCUT2D eigenvalue weighted by Crippen LogP contribution is 1.96. The Bertz CT molecular complexity index is 84.5. The van der Waals surface area contributed by atoms with Gasteiger partial charge in [0.15, 0.2) is 0 Å². The van der Waals surface area contributed by atoms with Crippen molar-refractivity contribution in [3.63, 3.8) is 0 Å². The van der Waals surface area contributed by atoms with Crippen molar-refractivity contribution in [2.75, 3.05) is 40.1 Å². The van der Waals surface area contributed by atoms with Gasteiger partial charge in [0, 0.05) is 26.9 Å². The summed E-state index contributed by atoms with van der Waals surface area (Å²) in [6.45, 7) is 6.17. The minimum Gasteiger partial charge on any atom is -0.382 e. The van der Waals surface area contributed by atoms with Crippen molar-refractivity contribution < 1.29 is 14.2 Å². The van der Waals surface area contributed by atoms with Crippen LogP contribution in [-0.4, -0.2) is 40.1 Å². The third kappa shape index (κ3) is 11.9. The maximum absolute atomic E-state index is 5.37. The first kappa shape index (κ1) is 13.9. The molecule has 3 nitrogen and oxygen atoms in total. The topological polar surface area (TPSA) is 27.7 Å². The summed E-state index contributed by atoms with van der Waals surface area (Å²) in [6, 6.07) is 0. The van der Waals surface area contributed by atoms with Crippen molar-refractivity contribution in [2.45, 2.75) is 32.6 Å². The average Bonchev–Trinajstić information content (AvgIpc) is 2.21. The smallest absolute Gasteiger partial charge is 0.0700 e. The zero-order chi connectivity index (χ0) is 10.5. The van der Waals surface area contributed by atoms with Crippen LogP contribution in [-0.2, 0) is 14.2 Å². The Morgan fingerprint density at radius 2 is 1.36 bits per heavy atom. The molecule has 0 bridgehead atoms. The molecule has 3 heteroatoms. The fourth-order valence-corrected chi connectivity index (χ4v) is 1.08. The molecule has 0 aromatic carbocycles. The first-order chi connectivity index (χ1) is 6.91. The number of methoxy groups -OCH3 is 1. The molecule has 0 spiro atoms. The van der Waals surface area contributed by atoms with Gasteiger partial charge in [-0.1, -0.05) is 6.92 Å². The summed E-state index contributed by atoms with van der Waals surface area (Å²) in [4.78, 5) is 0. The van der Waals surface area contributed by atoms with E-state index in [9.17, 15) is 0 Å². The summed E-state index contributed by atoms with van der Waals surface area (Å²) >= 11 is 0. The summed E-state index contributed by atoms with van der Waals surface area (Å²) in [7, 11) is 1.69. The molecule has 0 aromatic heterocycles. The van der Waals surface area contributed by atoms with Crippen molar-refractivity contribution in [1.29, 1.82) is 0 Å². The lowest BCUT2D eigenvalue weighted by Crippen LogP contribution is -2.03. The van der Waals surface area contributed by atoms with Crippen LogP contribution in [0.5, 0.6) is 0 Å². The highest BCUT2D eigenvalue weighted by molar-refractivity contribution is 4.41. The Hall–Kier alpha value is -0.120. The van der Waals surface area contributed by atoms with E-state index in [1.54, 1.807) is 7.11 Å². The molecule has 0 heterocycles. The van der Waals surface area contributed by atoms with Gasteiger partial charge in [-0.25, -0.2) is 0 Å². The highest BCUT2D eigenvalue weighted by atomic mass is 16.5. The highest BCUT2D eigenvalue weighted by Gasteiger charge is 1.91. The second-order valence-electron chi connectivity index (χ2n) is 3.28. The number of hydrogen-bond donors (Lipinski definition) is 0. The first-order valence-electron chi connectivity index (χ1n) is 5.56. The van der Waals surface area contributed by atoms with Crippen LogP contribution in [0.15, 0.2) is 0 Å². The molecule has 0 atom stereocenters.